The number of hydrogen-bond donors (Lipinski definition) is 0. The standard InChI is InChI=1S/C18H20N4O/c1-12-8-19-13(2)17(20-12)22-10-15-9-21(11-16(15)22)18(23)14-6-4-3-5-7-14/h3-8,15-16H,9-11H2,1-2H3. The molecule has 2 saturated heterocycles. The average molecular weight is 308 g/mol. The summed E-state index contributed by atoms with van der Waals surface area (Å²) in [5.74, 6) is 1.65. The van der Waals surface area contributed by atoms with E-state index in [1.54, 1.807) is 6.20 Å². The van der Waals surface area contributed by atoms with Gasteiger partial charge in [-0.25, -0.2) is 4.98 Å². The molecule has 5 nitrogen and oxygen atoms in total. The fraction of sp³-hybridized carbons (Fsp3) is 0.389. The van der Waals surface area contributed by atoms with Crippen molar-refractivity contribution in [1.82, 2.24) is 14.9 Å². The topological polar surface area (TPSA) is 49.3 Å². The van der Waals surface area contributed by atoms with Gasteiger partial charge in [-0.3, -0.25) is 9.78 Å². The number of anilines is 1. The van der Waals surface area contributed by atoms with Gasteiger partial charge in [0.15, 0.2) is 5.82 Å². The Morgan fingerprint density at radius 1 is 1.13 bits per heavy atom. The Morgan fingerprint density at radius 3 is 2.70 bits per heavy atom. The smallest absolute Gasteiger partial charge is 0.253 e. The highest BCUT2D eigenvalue weighted by molar-refractivity contribution is 5.94. The van der Waals surface area contributed by atoms with Crippen LogP contribution in [0.15, 0.2) is 36.5 Å². The Kier molecular flexibility index (Phi) is 3.29. The van der Waals surface area contributed by atoms with Crippen molar-refractivity contribution in [3.8, 4) is 0 Å². The Hall–Kier alpha value is -2.43. The van der Waals surface area contributed by atoms with Gasteiger partial charge in [0.05, 0.1) is 17.4 Å². The lowest BCUT2D eigenvalue weighted by Crippen LogP contribution is -2.56. The molecule has 0 saturated carbocycles. The molecule has 0 radical (unpaired) electrons. The Labute approximate surface area is 136 Å². The summed E-state index contributed by atoms with van der Waals surface area (Å²) in [4.78, 5) is 25.9. The number of likely N-dealkylation sites (tertiary alicyclic amines) is 1. The molecule has 4 rings (SSSR count). The molecule has 1 amide bonds. The van der Waals surface area contributed by atoms with Gasteiger partial charge in [0, 0.05) is 37.3 Å². The van der Waals surface area contributed by atoms with E-state index >= 15 is 0 Å². The van der Waals surface area contributed by atoms with Crippen molar-refractivity contribution in [2.75, 3.05) is 24.5 Å². The van der Waals surface area contributed by atoms with Crippen LogP contribution in [0.3, 0.4) is 0 Å². The minimum atomic E-state index is 0.131. The third kappa shape index (κ3) is 2.36. The number of carbonyl (C=O) groups is 1. The minimum Gasteiger partial charge on any atom is -0.349 e. The van der Waals surface area contributed by atoms with Crippen LogP contribution in [0.4, 0.5) is 5.82 Å². The third-order valence-electron chi connectivity index (χ3n) is 4.87. The number of carbonyl (C=O) groups excluding carboxylic acids is 1. The molecule has 118 valence electrons. The zero-order valence-electron chi connectivity index (χ0n) is 13.4. The van der Waals surface area contributed by atoms with Gasteiger partial charge >= 0.3 is 0 Å². The van der Waals surface area contributed by atoms with E-state index in [1.807, 2.05) is 49.1 Å². The van der Waals surface area contributed by atoms with Gasteiger partial charge in [-0.15, -0.1) is 0 Å². The summed E-state index contributed by atoms with van der Waals surface area (Å²) >= 11 is 0. The second-order valence-corrected chi connectivity index (χ2v) is 6.48. The van der Waals surface area contributed by atoms with Crippen LogP contribution in [0, 0.1) is 19.8 Å². The number of amides is 1. The van der Waals surface area contributed by atoms with Gasteiger partial charge in [-0.1, -0.05) is 18.2 Å². The predicted octanol–water partition coefficient (Wildman–Crippen LogP) is 2.05. The lowest BCUT2D eigenvalue weighted by Gasteiger charge is -2.44. The van der Waals surface area contributed by atoms with Crippen LogP contribution < -0.4 is 4.90 Å². The maximum absolute atomic E-state index is 12.6. The fourth-order valence-corrected chi connectivity index (χ4v) is 3.61. The maximum atomic E-state index is 12.6. The Morgan fingerprint density at radius 2 is 1.91 bits per heavy atom. The summed E-state index contributed by atoms with van der Waals surface area (Å²) in [5, 5.41) is 0. The second-order valence-electron chi connectivity index (χ2n) is 6.48. The van der Waals surface area contributed by atoms with Crippen LogP contribution in [0.2, 0.25) is 0 Å². The van der Waals surface area contributed by atoms with E-state index in [0.29, 0.717) is 12.0 Å². The molecule has 2 aromatic rings. The molecule has 0 aliphatic carbocycles. The third-order valence-corrected chi connectivity index (χ3v) is 4.87. The number of fused-ring (bicyclic) bond motifs is 1. The molecule has 2 unspecified atom stereocenters. The molecule has 1 aromatic heterocycles. The van der Waals surface area contributed by atoms with E-state index in [-0.39, 0.29) is 5.91 Å². The molecule has 0 spiro atoms. The molecule has 0 N–H and O–H groups in total. The number of rotatable bonds is 2. The van der Waals surface area contributed by atoms with Crippen molar-refractivity contribution in [1.29, 1.82) is 0 Å². The normalized spacial score (nSPS) is 22.7. The van der Waals surface area contributed by atoms with Crippen molar-refractivity contribution in [3.05, 3.63) is 53.5 Å². The van der Waals surface area contributed by atoms with Crippen molar-refractivity contribution < 1.29 is 4.79 Å². The van der Waals surface area contributed by atoms with Crippen LogP contribution >= 0.6 is 0 Å². The lowest BCUT2D eigenvalue weighted by atomic mass is 9.92. The Bertz CT molecular complexity index is 746. The molecule has 3 heterocycles. The zero-order chi connectivity index (χ0) is 16.0. The summed E-state index contributed by atoms with van der Waals surface area (Å²) in [7, 11) is 0. The summed E-state index contributed by atoms with van der Waals surface area (Å²) in [6, 6.07) is 9.90. The van der Waals surface area contributed by atoms with Crippen LogP contribution in [0.1, 0.15) is 21.7 Å². The van der Waals surface area contributed by atoms with Crippen molar-refractivity contribution >= 4 is 11.7 Å². The lowest BCUT2D eigenvalue weighted by molar-refractivity contribution is 0.0789. The molecular weight excluding hydrogens is 288 g/mol. The molecule has 2 atom stereocenters. The van der Waals surface area contributed by atoms with Crippen molar-refractivity contribution in [2.24, 2.45) is 5.92 Å². The monoisotopic (exact) mass is 308 g/mol. The van der Waals surface area contributed by atoms with Crippen LogP contribution in [0.25, 0.3) is 0 Å². The summed E-state index contributed by atoms with van der Waals surface area (Å²) < 4.78 is 0. The Balaban J connectivity index is 1.51. The summed E-state index contributed by atoms with van der Waals surface area (Å²) in [6.45, 7) is 6.53. The van der Waals surface area contributed by atoms with E-state index in [9.17, 15) is 4.79 Å². The van der Waals surface area contributed by atoms with E-state index < -0.39 is 0 Å². The number of benzene rings is 1. The highest BCUT2D eigenvalue weighted by Crippen LogP contribution is 2.37. The molecule has 0 bridgehead atoms. The molecule has 2 aliphatic heterocycles. The first-order valence-electron chi connectivity index (χ1n) is 8.04. The number of hydrogen-bond acceptors (Lipinski definition) is 4. The van der Waals surface area contributed by atoms with Crippen molar-refractivity contribution in [2.45, 2.75) is 19.9 Å². The van der Waals surface area contributed by atoms with E-state index in [2.05, 4.69) is 14.9 Å². The summed E-state index contributed by atoms with van der Waals surface area (Å²) in [6.07, 6.45) is 1.80. The number of nitrogens with zero attached hydrogens (tertiary/aromatic N) is 4. The van der Waals surface area contributed by atoms with E-state index in [0.717, 1.165) is 42.4 Å². The van der Waals surface area contributed by atoms with Crippen LogP contribution in [-0.4, -0.2) is 46.5 Å². The molecule has 23 heavy (non-hydrogen) atoms. The van der Waals surface area contributed by atoms with Crippen LogP contribution in [-0.2, 0) is 0 Å². The second kappa shape index (κ2) is 5.33. The summed E-state index contributed by atoms with van der Waals surface area (Å²) in [5.41, 5.74) is 2.66. The molecule has 5 heteroatoms. The molecule has 2 fully saturated rings. The van der Waals surface area contributed by atoms with Gasteiger partial charge in [-0.2, -0.15) is 0 Å². The number of aromatic nitrogens is 2. The van der Waals surface area contributed by atoms with Gasteiger partial charge in [0.1, 0.15) is 0 Å². The largest absolute Gasteiger partial charge is 0.349 e. The number of aryl methyl sites for hydroxylation is 2. The highest BCUT2D eigenvalue weighted by Gasteiger charge is 2.48. The SMILES string of the molecule is Cc1cnc(C)c(N2CC3CN(C(=O)c4ccccc4)CC32)n1. The first kappa shape index (κ1) is 14.2. The quantitative estimate of drug-likeness (QED) is 0.852. The molecular formula is C18H20N4O. The first-order valence-corrected chi connectivity index (χ1v) is 8.04. The van der Waals surface area contributed by atoms with E-state index in [4.69, 9.17) is 0 Å². The predicted molar refractivity (Wildman–Crippen MR) is 88.5 cm³/mol. The van der Waals surface area contributed by atoms with Crippen molar-refractivity contribution in [3.63, 3.8) is 0 Å². The van der Waals surface area contributed by atoms with Gasteiger partial charge in [0.2, 0.25) is 0 Å². The average Bonchev–Trinajstić information content (AvgIpc) is 2.88. The van der Waals surface area contributed by atoms with Crippen LogP contribution in [0.5, 0.6) is 0 Å². The zero-order valence-corrected chi connectivity index (χ0v) is 13.4. The molecule has 1 aromatic carbocycles. The fourth-order valence-electron chi connectivity index (χ4n) is 3.61. The first-order chi connectivity index (χ1) is 11.1. The van der Waals surface area contributed by atoms with E-state index in [1.165, 1.54) is 0 Å². The maximum Gasteiger partial charge on any atom is 0.253 e. The molecule has 2 aliphatic rings. The highest BCUT2D eigenvalue weighted by atomic mass is 16.2. The van der Waals surface area contributed by atoms with Gasteiger partial charge in [-0.05, 0) is 26.0 Å². The van der Waals surface area contributed by atoms with Gasteiger partial charge < -0.3 is 9.80 Å². The minimum absolute atomic E-state index is 0.131. The van der Waals surface area contributed by atoms with Gasteiger partial charge in [0.25, 0.3) is 5.91 Å².